The molecule has 0 amide bonds. The highest BCUT2D eigenvalue weighted by Crippen LogP contribution is 2.36. The molecule has 3 heteroatoms. The van der Waals surface area contributed by atoms with Gasteiger partial charge in [0.15, 0.2) is 0 Å². The third-order valence-electron chi connectivity index (χ3n) is 3.34. The Balaban J connectivity index is 2.64. The standard InChI is InChI=1S/C11H21NO2/c1-4-9-6-7-11(8-9,12-3)10(13)14-5-2/h9,12H,4-8H2,1-3H3. The molecule has 14 heavy (non-hydrogen) atoms. The van der Waals surface area contributed by atoms with Gasteiger partial charge in [-0.1, -0.05) is 13.3 Å². The van der Waals surface area contributed by atoms with Gasteiger partial charge < -0.3 is 10.1 Å². The van der Waals surface area contributed by atoms with Crippen molar-refractivity contribution < 1.29 is 9.53 Å². The number of esters is 1. The van der Waals surface area contributed by atoms with E-state index in [1.54, 1.807) is 0 Å². The van der Waals surface area contributed by atoms with Gasteiger partial charge in [0, 0.05) is 0 Å². The summed E-state index contributed by atoms with van der Waals surface area (Å²) in [5.74, 6) is 0.602. The molecule has 2 atom stereocenters. The van der Waals surface area contributed by atoms with Gasteiger partial charge >= 0.3 is 5.97 Å². The Kier molecular flexibility index (Phi) is 3.93. The number of hydrogen-bond donors (Lipinski definition) is 1. The molecule has 1 rings (SSSR count). The summed E-state index contributed by atoms with van der Waals surface area (Å²) in [5.41, 5.74) is -0.392. The second-order valence-corrected chi connectivity index (χ2v) is 4.07. The van der Waals surface area contributed by atoms with Crippen LogP contribution >= 0.6 is 0 Å². The Hall–Kier alpha value is -0.570. The van der Waals surface area contributed by atoms with Gasteiger partial charge in [0.25, 0.3) is 0 Å². The first-order chi connectivity index (χ1) is 6.68. The second-order valence-electron chi connectivity index (χ2n) is 4.07. The van der Waals surface area contributed by atoms with E-state index in [1.807, 2.05) is 14.0 Å². The van der Waals surface area contributed by atoms with E-state index in [0.29, 0.717) is 12.5 Å². The Labute approximate surface area is 86.2 Å². The van der Waals surface area contributed by atoms with Gasteiger partial charge in [-0.25, -0.2) is 0 Å². The van der Waals surface area contributed by atoms with Gasteiger partial charge in [0.2, 0.25) is 0 Å². The monoisotopic (exact) mass is 199 g/mol. The van der Waals surface area contributed by atoms with Crippen LogP contribution < -0.4 is 5.32 Å². The van der Waals surface area contributed by atoms with Crippen LogP contribution in [0.4, 0.5) is 0 Å². The molecule has 0 aliphatic heterocycles. The lowest BCUT2D eigenvalue weighted by molar-refractivity contribution is -0.150. The summed E-state index contributed by atoms with van der Waals surface area (Å²) < 4.78 is 5.11. The van der Waals surface area contributed by atoms with E-state index in [1.165, 1.54) is 0 Å². The second kappa shape index (κ2) is 4.78. The maximum atomic E-state index is 11.8. The fraction of sp³-hybridized carbons (Fsp3) is 0.909. The highest BCUT2D eigenvalue weighted by Gasteiger charge is 2.44. The molecule has 0 aromatic heterocycles. The van der Waals surface area contributed by atoms with Crippen LogP contribution in [0.15, 0.2) is 0 Å². The number of rotatable bonds is 4. The highest BCUT2D eigenvalue weighted by atomic mass is 16.5. The summed E-state index contributed by atoms with van der Waals surface area (Å²) in [7, 11) is 1.86. The predicted molar refractivity (Wildman–Crippen MR) is 56.1 cm³/mol. The van der Waals surface area contributed by atoms with E-state index in [2.05, 4.69) is 12.2 Å². The predicted octanol–water partition coefficient (Wildman–Crippen LogP) is 1.72. The Bertz CT molecular complexity index is 205. The minimum atomic E-state index is -0.392. The van der Waals surface area contributed by atoms with E-state index < -0.39 is 5.54 Å². The summed E-state index contributed by atoms with van der Waals surface area (Å²) in [6.45, 7) is 4.51. The van der Waals surface area contributed by atoms with Crippen LogP contribution in [0.2, 0.25) is 0 Å². The molecule has 0 spiro atoms. The molecule has 1 aliphatic rings. The zero-order valence-electron chi connectivity index (χ0n) is 9.43. The molecule has 0 aromatic rings. The number of carbonyl (C=O) groups is 1. The van der Waals surface area contributed by atoms with Crippen LogP contribution in [0, 0.1) is 5.92 Å². The molecule has 2 unspecified atom stereocenters. The van der Waals surface area contributed by atoms with Crippen LogP contribution in [-0.4, -0.2) is 25.2 Å². The van der Waals surface area contributed by atoms with Crippen molar-refractivity contribution in [3.05, 3.63) is 0 Å². The van der Waals surface area contributed by atoms with Gasteiger partial charge in [-0.2, -0.15) is 0 Å². The zero-order valence-corrected chi connectivity index (χ0v) is 9.43. The third kappa shape index (κ3) is 2.08. The van der Waals surface area contributed by atoms with E-state index in [0.717, 1.165) is 25.7 Å². The molecular weight excluding hydrogens is 178 g/mol. The average Bonchev–Trinajstić information content (AvgIpc) is 2.63. The average molecular weight is 199 g/mol. The van der Waals surface area contributed by atoms with Crippen molar-refractivity contribution in [2.45, 2.75) is 45.1 Å². The maximum absolute atomic E-state index is 11.8. The molecule has 3 nitrogen and oxygen atoms in total. The van der Waals surface area contributed by atoms with Gasteiger partial charge in [-0.3, -0.25) is 4.79 Å². The SMILES string of the molecule is CCOC(=O)C1(NC)CCC(CC)C1. The van der Waals surface area contributed by atoms with E-state index in [9.17, 15) is 4.79 Å². The number of likely N-dealkylation sites (N-methyl/N-ethyl adjacent to an activating group) is 1. The minimum Gasteiger partial charge on any atom is -0.465 e. The molecule has 0 heterocycles. The largest absolute Gasteiger partial charge is 0.465 e. The van der Waals surface area contributed by atoms with Crippen LogP contribution in [-0.2, 0) is 9.53 Å². The molecule has 0 saturated heterocycles. The first kappa shape index (κ1) is 11.5. The molecule has 1 saturated carbocycles. The number of ether oxygens (including phenoxy) is 1. The lowest BCUT2D eigenvalue weighted by atomic mass is 9.95. The van der Waals surface area contributed by atoms with Crippen molar-refractivity contribution in [1.82, 2.24) is 5.32 Å². The quantitative estimate of drug-likeness (QED) is 0.701. The smallest absolute Gasteiger partial charge is 0.326 e. The topological polar surface area (TPSA) is 38.3 Å². The number of carbonyl (C=O) groups excluding carboxylic acids is 1. The Morgan fingerprint density at radius 3 is 2.71 bits per heavy atom. The summed E-state index contributed by atoms with van der Waals surface area (Å²) in [6, 6.07) is 0. The Morgan fingerprint density at radius 1 is 1.57 bits per heavy atom. The maximum Gasteiger partial charge on any atom is 0.326 e. The van der Waals surface area contributed by atoms with E-state index in [-0.39, 0.29) is 5.97 Å². The van der Waals surface area contributed by atoms with Crippen molar-refractivity contribution in [1.29, 1.82) is 0 Å². The summed E-state index contributed by atoms with van der Waals surface area (Å²) >= 11 is 0. The first-order valence-electron chi connectivity index (χ1n) is 5.54. The van der Waals surface area contributed by atoms with Crippen molar-refractivity contribution in [3.8, 4) is 0 Å². The minimum absolute atomic E-state index is 0.0709. The van der Waals surface area contributed by atoms with Crippen molar-refractivity contribution >= 4 is 5.97 Å². The molecule has 82 valence electrons. The molecular formula is C11H21NO2. The zero-order chi connectivity index (χ0) is 10.6. The first-order valence-corrected chi connectivity index (χ1v) is 5.54. The van der Waals surface area contributed by atoms with Gasteiger partial charge in [-0.15, -0.1) is 0 Å². The van der Waals surface area contributed by atoms with Crippen molar-refractivity contribution in [3.63, 3.8) is 0 Å². The lowest BCUT2D eigenvalue weighted by Crippen LogP contribution is -2.49. The number of nitrogens with one attached hydrogen (secondary N) is 1. The summed E-state index contributed by atoms with van der Waals surface area (Å²) in [5, 5.41) is 3.15. The molecule has 1 aliphatic carbocycles. The van der Waals surface area contributed by atoms with Crippen LogP contribution in [0.1, 0.15) is 39.5 Å². The fourth-order valence-electron chi connectivity index (χ4n) is 2.28. The fourth-order valence-corrected chi connectivity index (χ4v) is 2.28. The van der Waals surface area contributed by atoms with Crippen LogP contribution in [0.3, 0.4) is 0 Å². The van der Waals surface area contributed by atoms with E-state index in [4.69, 9.17) is 4.74 Å². The Morgan fingerprint density at radius 2 is 2.29 bits per heavy atom. The lowest BCUT2D eigenvalue weighted by Gasteiger charge is -2.26. The summed E-state index contributed by atoms with van der Waals surface area (Å²) in [4.78, 5) is 11.8. The van der Waals surface area contributed by atoms with E-state index >= 15 is 0 Å². The van der Waals surface area contributed by atoms with Gasteiger partial charge in [0.05, 0.1) is 6.61 Å². The highest BCUT2D eigenvalue weighted by molar-refractivity contribution is 5.81. The third-order valence-corrected chi connectivity index (χ3v) is 3.34. The summed E-state index contributed by atoms with van der Waals surface area (Å²) in [6.07, 6.45) is 4.14. The molecule has 0 radical (unpaired) electrons. The molecule has 1 N–H and O–H groups in total. The molecule has 0 aromatic carbocycles. The normalized spacial score (nSPS) is 31.8. The van der Waals surface area contributed by atoms with Crippen LogP contribution in [0.5, 0.6) is 0 Å². The molecule has 0 bridgehead atoms. The molecule has 1 fully saturated rings. The van der Waals surface area contributed by atoms with Crippen molar-refractivity contribution in [2.75, 3.05) is 13.7 Å². The van der Waals surface area contributed by atoms with Gasteiger partial charge in [-0.05, 0) is 39.2 Å². The number of hydrogen-bond acceptors (Lipinski definition) is 3. The van der Waals surface area contributed by atoms with Gasteiger partial charge in [0.1, 0.15) is 5.54 Å². The van der Waals surface area contributed by atoms with Crippen LogP contribution in [0.25, 0.3) is 0 Å². The van der Waals surface area contributed by atoms with Crippen molar-refractivity contribution in [2.24, 2.45) is 5.92 Å².